The molecule has 2 aromatic carbocycles. The van der Waals surface area contributed by atoms with Gasteiger partial charge in [-0.15, -0.1) is 11.3 Å². The van der Waals surface area contributed by atoms with E-state index in [1.54, 1.807) is 23.7 Å². The minimum atomic E-state index is -4.63. The third kappa shape index (κ3) is 15.0. The fourth-order valence-corrected chi connectivity index (χ4v) is 10.2. The number of halogens is 3. The topological polar surface area (TPSA) is 181 Å². The minimum absolute atomic E-state index is 0.0125. The summed E-state index contributed by atoms with van der Waals surface area (Å²) in [5, 5.41) is 20.6. The second kappa shape index (κ2) is 26.1. The van der Waals surface area contributed by atoms with Crippen LogP contribution in [-0.2, 0) is 34.7 Å². The Morgan fingerprint density at radius 3 is 2.28 bits per heavy atom. The second-order valence-electron chi connectivity index (χ2n) is 19.9. The summed E-state index contributed by atoms with van der Waals surface area (Å²) in [4.78, 5) is 46.4. The molecule has 0 radical (unpaired) electrons. The number of amides is 2. The number of hydrogen-bond donors (Lipinski definition) is 4. The molecule has 0 spiro atoms. The van der Waals surface area contributed by atoms with Gasteiger partial charge in [0, 0.05) is 74.4 Å². The predicted molar refractivity (Wildman–Crippen MR) is 278 cm³/mol. The van der Waals surface area contributed by atoms with Crippen molar-refractivity contribution in [2.75, 3.05) is 92.2 Å². The highest BCUT2D eigenvalue weighted by molar-refractivity contribution is 7.13. The van der Waals surface area contributed by atoms with E-state index in [0.717, 1.165) is 50.7 Å². The standard InChI is InChI=1S/C54H71F3N8O8S/c1-36(39-12-14-40(15-13-39)48-38(3)61-35-74-48)62-50(68)46-30-44(66)33-64(46)34-47(52(4,5)6)59-17-20-69-23-24-71-25-26-72-27-28-73-51-53(65-18-21-70-22-19-65,31-42(32-60-51)45-11-8-16-58-37(45)2)63-49(67)41-9-7-10-43(29-41)54(55,56)57/h7-16,29,32,35-36,44,46-47,59,66H,17-28,30-31,33-34H2,1-6H3,(H,62,68)(H,63,67)/t36?,44-,46+,47?,53?/m1/s1. The van der Waals surface area contributed by atoms with E-state index in [4.69, 9.17) is 28.7 Å². The lowest BCUT2D eigenvalue weighted by Crippen LogP contribution is -2.68. The number of nitrogens with one attached hydrogen (secondary N) is 3. The summed E-state index contributed by atoms with van der Waals surface area (Å²) in [6.07, 6.45) is -1.29. The van der Waals surface area contributed by atoms with Crippen molar-refractivity contribution in [3.8, 4) is 10.4 Å². The van der Waals surface area contributed by atoms with Gasteiger partial charge in [0.05, 0.1) is 92.7 Å². The van der Waals surface area contributed by atoms with Crippen LogP contribution in [0.4, 0.5) is 13.2 Å². The second-order valence-corrected chi connectivity index (χ2v) is 20.8. The molecule has 3 aliphatic heterocycles. The van der Waals surface area contributed by atoms with Crippen LogP contribution in [0.25, 0.3) is 16.0 Å². The van der Waals surface area contributed by atoms with Crippen LogP contribution in [0.2, 0.25) is 0 Å². The Hall–Kier alpha value is -5.16. The molecule has 3 aliphatic rings. The molecule has 2 aromatic heterocycles. The molecule has 4 N–H and O–H groups in total. The molecule has 0 bridgehead atoms. The summed E-state index contributed by atoms with van der Waals surface area (Å²) >= 11 is 1.61. The molecule has 4 aromatic rings. The van der Waals surface area contributed by atoms with Gasteiger partial charge in [-0.05, 0) is 73.6 Å². The zero-order valence-electron chi connectivity index (χ0n) is 43.2. The van der Waals surface area contributed by atoms with Gasteiger partial charge in [-0.1, -0.05) is 57.2 Å². The number of likely N-dealkylation sites (tertiary alicyclic amines) is 1. The van der Waals surface area contributed by atoms with Gasteiger partial charge in [0.15, 0.2) is 5.66 Å². The first kappa shape index (κ1) is 56.6. The summed E-state index contributed by atoms with van der Waals surface area (Å²) in [5.41, 5.74) is 4.68. The van der Waals surface area contributed by atoms with E-state index in [0.29, 0.717) is 78.8 Å². The largest absolute Gasteiger partial charge is 0.476 e. The summed E-state index contributed by atoms with van der Waals surface area (Å²) in [6, 6.07) is 15.6. The first-order valence-corrected chi connectivity index (χ1v) is 26.1. The molecule has 5 heterocycles. The Morgan fingerprint density at radius 2 is 1.62 bits per heavy atom. The van der Waals surface area contributed by atoms with Crippen LogP contribution < -0.4 is 16.0 Å². The number of thiazole rings is 1. The molecular weight excluding hydrogens is 978 g/mol. The highest BCUT2D eigenvalue weighted by atomic mass is 32.1. The van der Waals surface area contributed by atoms with Crippen LogP contribution in [0.1, 0.15) is 85.0 Å². The summed E-state index contributed by atoms with van der Waals surface area (Å²) < 4.78 is 70.5. The van der Waals surface area contributed by atoms with Crippen molar-refractivity contribution in [3.05, 3.63) is 112 Å². The Bertz CT molecular complexity index is 2530. The first-order chi connectivity index (χ1) is 35.4. The number of aryl methyl sites for hydroxylation is 2. The van der Waals surface area contributed by atoms with Gasteiger partial charge in [0.25, 0.3) is 5.91 Å². The number of hydrogen-bond acceptors (Lipinski definition) is 15. The number of aliphatic imine (C=N–C) groups is 1. The van der Waals surface area contributed by atoms with Crippen LogP contribution in [0.15, 0.2) is 83.6 Å². The number of nitrogens with zero attached hydrogens (tertiary/aromatic N) is 5. The van der Waals surface area contributed by atoms with Crippen molar-refractivity contribution in [1.82, 2.24) is 35.7 Å². The SMILES string of the molecule is Cc1ncccc1C1=CN=C(OCCOCCOCCOCCNC(CN2C[C@H](O)C[C@H]2C(=O)NC(C)c2ccc(-c3scnc3C)cc2)C(C)(C)C)C(NC(=O)c2cccc(C(F)(F)F)c2)(N2CCOCC2)C1. The Balaban J connectivity index is 0.838. The van der Waals surface area contributed by atoms with Crippen molar-refractivity contribution in [2.24, 2.45) is 10.4 Å². The van der Waals surface area contributed by atoms with E-state index < -0.39 is 35.5 Å². The van der Waals surface area contributed by atoms with Gasteiger partial charge < -0.3 is 44.7 Å². The van der Waals surface area contributed by atoms with Crippen LogP contribution >= 0.6 is 11.3 Å². The van der Waals surface area contributed by atoms with Crippen molar-refractivity contribution in [2.45, 2.75) is 90.5 Å². The number of aliphatic hydroxyl groups excluding tert-OH is 1. The van der Waals surface area contributed by atoms with E-state index in [1.807, 2.05) is 55.4 Å². The average molecular weight is 1050 g/mol. The third-order valence-electron chi connectivity index (χ3n) is 13.6. The lowest BCUT2D eigenvalue weighted by Gasteiger charge is -2.47. The van der Waals surface area contributed by atoms with Gasteiger partial charge in [0.2, 0.25) is 11.8 Å². The number of rotatable bonds is 23. The number of aromatic nitrogens is 2. The van der Waals surface area contributed by atoms with Gasteiger partial charge >= 0.3 is 6.18 Å². The van der Waals surface area contributed by atoms with Gasteiger partial charge in [0.1, 0.15) is 6.61 Å². The van der Waals surface area contributed by atoms with E-state index in [2.05, 4.69) is 63.7 Å². The maximum atomic E-state index is 14.0. The van der Waals surface area contributed by atoms with Gasteiger partial charge in [-0.25, -0.2) is 9.98 Å². The number of carbonyl (C=O) groups is 2. The average Bonchev–Trinajstić information content (AvgIpc) is 3.99. The van der Waals surface area contributed by atoms with Crippen LogP contribution in [-0.4, -0.2) is 159 Å². The molecule has 2 fully saturated rings. The molecule has 2 amide bonds. The van der Waals surface area contributed by atoms with E-state index >= 15 is 0 Å². The first-order valence-electron chi connectivity index (χ1n) is 25.3. The molecule has 3 unspecified atom stereocenters. The number of benzene rings is 2. The summed E-state index contributed by atoms with van der Waals surface area (Å²) in [5.74, 6) is -0.633. The lowest BCUT2D eigenvalue weighted by molar-refractivity contribution is -0.137. The van der Waals surface area contributed by atoms with Crippen LogP contribution in [0.5, 0.6) is 0 Å². The number of ether oxygens (including phenoxy) is 5. The van der Waals surface area contributed by atoms with Crippen molar-refractivity contribution >= 4 is 34.6 Å². The molecular formula is C54H71F3N8O8S. The van der Waals surface area contributed by atoms with Gasteiger partial charge in [-0.3, -0.25) is 24.4 Å². The van der Waals surface area contributed by atoms with Crippen molar-refractivity contribution in [3.63, 3.8) is 0 Å². The maximum Gasteiger partial charge on any atom is 0.416 e. The van der Waals surface area contributed by atoms with Crippen molar-refractivity contribution < 1.29 is 51.6 Å². The third-order valence-corrected chi connectivity index (χ3v) is 14.6. The highest BCUT2D eigenvalue weighted by Crippen LogP contribution is 2.36. The summed E-state index contributed by atoms with van der Waals surface area (Å²) in [6.45, 7) is 17.4. The van der Waals surface area contributed by atoms with Crippen LogP contribution in [0.3, 0.4) is 0 Å². The Kier molecular flexibility index (Phi) is 19.9. The molecule has 20 heteroatoms. The Labute approximate surface area is 436 Å². The molecule has 16 nitrogen and oxygen atoms in total. The van der Waals surface area contributed by atoms with Crippen molar-refractivity contribution in [1.29, 1.82) is 0 Å². The predicted octanol–water partition coefficient (Wildman–Crippen LogP) is 6.83. The van der Waals surface area contributed by atoms with Gasteiger partial charge in [-0.2, -0.15) is 13.2 Å². The normalized spacial score (nSPS) is 20.7. The fraction of sp³-hybridized carbons (Fsp3) is 0.537. The van der Waals surface area contributed by atoms with Crippen LogP contribution in [0, 0.1) is 19.3 Å². The highest BCUT2D eigenvalue weighted by Gasteiger charge is 2.48. The Morgan fingerprint density at radius 1 is 0.919 bits per heavy atom. The number of pyridine rings is 1. The summed E-state index contributed by atoms with van der Waals surface area (Å²) in [7, 11) is 0. The molecule has 0 aliphatic carbocycles. The number of carbonyl (C=O) groups excluding carboxylic acids is 2. The quantitative estimate of drug-likeness (QED) is 0.0569. The number of β-amino-alcohol motifs (C(OH)–C–C–N with tert-alkyl or cyclic N) is 1. The zero-order chi connectivity index (χ0) is 52.9. The van der Waals surface area contributed by atoms with E-state index in [9.17, 15) is 27.9 Å². The molecule has 74 heavy (non-hydrogen) atoms. The molecule has 5 atom stereocenters. The smallest absolute Gasteiger partial charge is 0.416 e. The maximum absolute atomic E-state index is 14.0. The molecule has 2 saturated heterocycles. The number of morpholine rings is 1. The molecule has 402 valence electrons. The van der Waals surface area contributed by atoms with E-state index in [-0.39, 0.29) is 61.1 Å². The lowest BCUT2D eigenvalue weighted by atomic mass is 9.86. The molecule has 0 saturated carbocycles. The number of aliphatic hydroxyl groups is 1. The number of alkyl halides is 3. The zero-order valence-corrected chi connectivity index (χ0v) is 44.0. The fourth-order valence-electron chi connectivity index (χ4n) is 9.42. The van der Waals surface area contributed by atoms with E-state index in [1.165, 1.54) is 12.1 Å². The monoisotopic (exact) mass is 1050 g/mol. The molecule has 7 rings (SSSR count). The minimum Gasteiger partial charge on any atom is -0.476 e.